The zero-order chi connectivity index (χ0) is 22.5. The van der Waals surface area contributed by atoms with E-state index in [9.17, 15) is 14.4 Å². The number of carbonyl (C=O) groups is 3. The van der Waals surface area contributed by atoms with E-state index in [1.54, 1.807) is 55.6 Å². The lowest BCUT2D eigenvalue weighted by Crippen LogP contribution is -2.23. The molecule has 2 saturated carbocycles. The molecule has 2 fully saturated rings. The molecule has 3 atom stereocenters. The molecule has 2 aliphatic rings. The molecule has 168 valence electrons. The molecule has 4 rings (SSSR count). The van der Waals surface area contributed by atoms with Crippen LogP contribution in [0, 0.1) is 17.8 Å². The number of hydrogen-bond donors (Lipinski definition) is 2. The van der Waals surface area contributed by atoms with Crippen LogP contribution in [0.3, 0.4) is 0 Å². The summed E-state index contributed by atoms with van der Waals surface area (Å²) < 4.78 is 10.3. The Bertz CT molecular complexity index is 971. The first kappa shape index (κ1) is 21.9. The van der Waals surface area contributed by atoms with Gasteiger partial charge in [-0.25, -0.2) is 0 Å². The van der Waals surface area contributed by atoms with Crippen molar-refractivity contribution in [2.24, 2.45) is 17.8 Å². The van der Waals surface area contributed by atoms with Crippen LogP contribution in [0.4, 0.5) is 11.4 Å². The number of esters is 1. The van der Waals surface area contributed by atoms with Crippen molar-refractivity contribution in [3.63, 3.8) is 0 Å². The molecule has 7 heteroatoms. The molecule has 0 unspecified atom stereocenters. The highest BCUT2D eigenvalue weighted by atomic mass is 16.5. The van der Waals surface area contributed by atoms with Crippen LogP contribution < -0.4 is 15.4 Å². The Balaban J connectivity index is 1.20. The maximum absolute atomic E-state index is 12.4. The standard InChI is InChI=1S/C25H28N2O5/c1-31-22-10-8-21(9-11-22)27-25(30)17-4-6-20(7-5-17)26-23(28)15-32-24(29)14-19-13-16-2-3-18(19)12-16/h4-11,16,18-19H,2-3,12-15H2,1H3,(H,26,28)(H,27,30)/t16-,18-,19-/m0/s1. The molecule has 0 radical (unpaired) electrons. The molecule has 2 N–H and O–H groups in total. The van der Waals surface area contributed by atoms with Crippen LogP contribution in [0.15, 0.2) is 48.5 Å². The fourth-order valence-electron chi connectivity index (χ4n) is 4.83. The number of anilines is 2. The fourth-order valence-corrected chi connectivity index (χ4v) is 4.83. The number of rotatable bonds is 8. The molecule has 0 saturated heterocycles. The van der Waals surface area contributed by atoms with Crippen molar-refractivity contribution in [2.75, 3.05) is 24.4 Å². The average molecular weight is 437 g/mol. The molecule has 2 bridgehead atoms. The Hall–Kier alpha value is -3.35. The minimum absolute atomic E-state index is 0.261. The number of ether oxygens (including phenoxy) is 2. The summed E-state index contributed by atoms with van der Waals surface area (Å²) in [4.78, 5) is 36.6. The van der Waals surface area contributed by atoms with E-state index < -0.39 is 5.91 Å². The van der Waals surface area contributed by atoms with Crippen molar-refractivity contribution in [3.8, 4) is 5.75 Å². The van der Waals surface area contributed by atoms with Gasteiger partial charge in [-0.05, 0) is 85.5 Å². The molecule has 7 nitrogen and oxygen atoms in total. The van der Waals surface area contributed by atoms with Gasteiger partial charge in [0.2, 0.25) is 0 Å². The molecule has 2 aromatic rings. The van der Waals surface area contributed by atoms with E-state index in [0.717, 1.165) is 12.3 Å². The minimum atomic E-state index is -0.401. The average Bonchev–Trinajstić information content (AvgIpc) is 3.42. The second kappa shape index (κ2) is 9.85. The third-order valence-electron chi connectivity index (χ3n) is 6.46. The molecule has 0 spiro atoms. The number of amides is 2. The molecule has 0 aromatic heterocycles. The molecular weight excluding hydrogens is 408 g/mol. The van der Waals surface area contributed by atoms with Gasteiger partial charge in [0, 0.05) is 23.4 Å². The predicted octanol–water partition coefficient (Wildman–Crippen LogP) is 4.26. The molecule has 2 amide bonds. The van der Waals surface area contributed by atoms with Gasteiger partial charge >= 0.3 is 5.97 Å². The highest BCUT2D eigenvalue weighted by Gasteiger charge is 2.40. The van der Waals surface area contributed by atoms with Crippen molar-refractivity contribution >= 4 is 29.2 Å². The van der Waals surface area contributed by atoms with Crippen LogP contribution in [0.25, 0.3) is 0 Å². The van der Waals surface area contributed by atoms with Gasteiger partial charge in [-0.3, -0.25) is 14.4 Å². The van der Waals surface area contributed by atoms with Crippen molar-refractivity contribution in [2.45, 2.75) is 32.1 Å². The second-order valence-electron chi connectivity index (χ2n) is 8.61. The van der Waals surface area contributed by atoms with Gasteiger partial charge in [-0.15, -0.1) is 0 Å². The topological polar surface area (TPSA) is 93.7 Å². The van der Waals surface area contributed by atoms with Gasteiger partial charge in [0.25, 0.3) is 11.8 Å². The SMILES string of the molecule is COc1ccc(NC(=O)c2ccc(NC(=O)COC(=O)C[C@@H]3C[C@H]4CC[C@H]3C4)cc2)cc1. The van der Waals surface area contributed by atoms with E-state index in [0.29, 0.717) is 40.9 Å². The number of carbonyl (C=O) groups excluding carboxylic acids is 3. The van der Waals surface area contributed by atoms with Crippen LogP contribution in [-0.4, -0.2) is 31.5 Å². The zero-order valence-electron chi connectivity index (χ0n) is 18.1. The Morgan fingerprint density at radius 3 is 2.22 bits per heavy atom. The van der Waals surface area contributed by atoms with E-state index in [1.807, 2.05) is 0 Å². The predicted molar refractivity (Wildman–Crippen MR) is 121 cm³/mol. The van der Waals surface area contributed by atoms with Crippen LogP contribution >= 0.6 is 0 Å². The second-order valence-corrected chi connectivity index (χ2v) is 8.61. The van der Waals surface area contributed by atoms with Gasteiger partial charge < -0.3 is 20.1 Å². The van der Waals surface area contributed by atoms with Crippen molar-refractivity contribution in [1.29, 1.82) is 0 Å². The zero-order valence-corrected chi connectivity index (χ0v) is 18.1. The van der Waals surface area contributed by atoms with Gasteiger partial charge in [-0.1, -0.05) is 6.42 Å². The van der Waals surface area contributed by atoms with Crippen LogP contribution in [0.1, 0.15) is 42.5 Å². The van der Waals surface area contributed by atoms with E-state index >= 15 is 0 Å². The lowest BCUT2D eigenvalue weighted by molar-refractivity contribution is -0.148. The summed E-state index contributed by atoms with van der Waals surface area (Å²) in [5.41, 5.74) is 1.64. The lowest BCUT2D eigenvalue weighted by Gasteiger charge is -2.20. The van der Waals surface area contributed by atoms with E-state index in [4.69, 9.17) is 9.47 Å². The van der Waals surface area contributed by atoms with Crippen molar-refractivity contribution < 1.29 is 23.9 Å². The van der Waals surface area contributed by atoms with E-state index in [-0.39, 0.29) is 18.5 Å². The highest BCUT2D eigenvalue weighted by Crippen LogP contribution is 2.49. The van der Waals surface area contributed by atoms with Crippen molar-refractivity contribution in [3.05, 3.63) is 54.1 Å². The van der Waals surface area contributed by atoms with Crippen LogP contribution in [-0.2, 0) is 14.3 Å². The molecule has 0 heterocycles. The number of fused-ring (bicyclic) bond motifs is 2. The van der Waals surface area contributed by atoms with Gasteiger partial charge in [0.15, 0.2) is 6.61 Å². The summed E-state index contributed by atoms with van der Waals surface area (Å²) in [6, 6.07) is 13.5. The summed E-state index contributed by atoms with van der Waals surface area (Å²) in [6.07, 6.45) is 5.28. The summed E-state index contributed by atoms with van der Waals surface area (Å²) in [5, 5.41) is 5.49. The molecular formula is C25H28N2O5. The van der Waals surface area contributed by atoms with E-state index in [1.165, 1.54) is 19.3 Å². The van der Waals surface area contributed by atoms with Crippen LogP contribution in [0.2, 0.25) is 0 Å². The maximum Gasteiger partial charge on any atom is 0.306 e. The first-order valence-corrected chi connectivity index (χ1v) is 11.0. The first-order chi connectivity index (χ1) is 15.5. The maximum atomic E-state index is 12.4. The highest BCUT2D eigenvalue weighted by molar-refractivity contribution is 6.04. The Labute approximate surface area is 187 Å². The third-order valence-corrected chi connectivity index (χ3v) is 6.46. The van der Waals surface area contributed by atoms with Gasteiger partial charge in [-0.2, -0.15) is 0 Å². The van der Waals surface area contributed by atoms with E-state index in [2.05, 4.69) is 10.6 Å². The minimum Gasteiger partial charge on any atom is -0.497 e. The quantitative estimate of drug-likeness (QED) is 0.603. The summed E-state index contributed by atoms with van der Waals surface area (Å²) in [6.45, 7) is -0.306. The number of benzene rings is 2. The first-order valence-electron chi connectivity index (χ1n) is 11.0. The molecule has 2 aliphatic carbocycles. The fraction of sp³-hybridized carbons (Fsp3) is 0.400. The third kappa shape index (κ3) is 5.46. The number of hydrogen-bond acceptors (Lipinski definition) is 5. The van der Waals surface area contributed by atoms with Crippen LogP contribution in [0.5, 0.6) is 5.75 Å². The Morgan fingerprint density at radius 2 is 1.59 bits per heavy atom. The van der Waals surface area contributed by atoms with Crippen molar-refractivity contribution in [1.82, 2.24) is 0 Å². The summed E-state index contributed by atoms with van der Waals surface area (Å²) >= 11 is 0. The monoisotopic (exact) mass is 436 g/mol. The van der Waals surface area contributed by atoms with Gasteiger partial charge in [0.1, 0.15) is 5.75 Å². The molecule has 0 aliphatic heterocycles. The molecule has 32 heavy (non-hydrogen) atoms. The van der Waals surface area contributed by atoms with Gasteiger partial charge in [0.05, 0.1) is 7.11 Å². The number of methoxy groups -OCH3 is 1. The normalized spacial score (nSPS) is 21.1. The number of nitrogens with one attached hydrogen (secondary N) is 2. The smallest absolute Gasteiger partial charge is 0.306 e. The lowest BCUT2D eigenvalue weighted by atomic mass is 9.86. The summed E-state index contributed by atoms with van der Waals surface area (Å²) in [7, 11) is 1.58. The summed E-state index contributed by atoms with van der Waals surface area (Å²) in [5.74, 6) is 1.59. The molecule has 2 aromatic carbocycles. The Morgan fingerprint density at radius 1 is 0.906 bits per heavy atom. The largest absolute Gasteiger partial charge is 0.497 e. The Kier molecular flexibility index (Phi) is 6.73.